The van der Waals surface area contributed by atoms with Gasteiger partial charge in [-0.25, -0.2) is 0 Å². The van der Waals surface area contributed by atoms with Crippen molar-refractivity contribution in [2.24, 2.45) is 5.73 Å². The Morgan fingerprint density at radius 2 is 2.15 bits per heavy atom. The molecule has 108 valence electrons. The van der Waals surface area contributed by atoms with Crippen molar-refractivity contribution in [2.75, 3.05) is 13.1 Å². The number of unbranched alkanes of at least 4 members (excludes halogenated alkanes) is 3. The Morgan fingerprint density at radius 1 is 1.35 bits per heavy atom. The van der Waals surface area contributed by atoms with Gasteiger partial charge in [-0.1, -0.05) is 49.6 Å². The molecule has 0 saturated carbocycles. The molecule has 0 fully saturated rings. The highest BCUT2D eigenvalue weighted by Crippen LogP contribution is 2.17. The van der Waals surface area contributed by atoms with Crippen LogP contribution < -0.4 is 11.1 Å². The Labute approximate surface area is 125 Å². The van der Waals surface area contributed by atoms with Crippen LogP contribution in [0.4, 0.5) is 0 Å². The van der Waals surface area contributed by atoms with Crippen LogP contribution in [-0.2, 0) is 0 Å². The average Bonchev–Trinajstić information content (AvgIpc) is 2.45. The van der Waals surface area contributed by atoms with E-state index in [1.165, 1.54) is 12.8 Å². The van der Waals surface area contributed by atoms with Crippen LogP contribution >= 0.6 is 11.6 Å². The molecule has 0 radical (unpaired) electrons. The van der Waals surface area contributed by atoms with Crippen molar-refractivity contribution in [1.29, 1.82) is 0 Å². The Hall–Kier alpha value is -1.50. The van der Waals surface area contributed by atoms with Gasteiger partial charge in [0, 0.05) is 17.7 Å². The summed E-state index contributed by atoms with van der Waals surface area (Å²) in [7, 11) is 0. The largest absolute Gasteiger partial charge is 0.352 e. The molecule has 0 bridgehead atoms. The lowest BCUT2D eigenvalue weighted by Gasteiger charge is -2.06. The van der Waals surface area contributed by atoms with Crippen LogP contribution in [0.15, 0.2) is 18.2 Å². The van der Waals surface area contributed by atoms with Crippen molar-refractivity contribution < 1.29 is 4.79 Å². The average molecular weight is 293 g/mol. The van der Waals surface area contributed by atoms with Gasteiger partial charge in [0.2, 0.25) is 0 Å². The second-order valence-electron chi connectivity index (χ2n) is 4.52. The third kappa shape index (κ3) is 5.64. The van der Waals surface area contributed by atoms with E-state index in [2.05, 4.69) is 24.1 Å². The number of benzene rings is 1. The highest BCUT2D eigenvalue weighted by Gasteiger charge is 2.07. The van der Waals surface area contributed by atoms with Gasteiger partial charge in [-0.15, -0.1) is 0 Å². The van der Waals surface area contributed by atoms with E-state index in [1.54, 1.807) is 18.2 Å². The maximum Gasteiger partial charge on any atom is 0.251 e. The Balaban J connectivity index is 2.54. The standard InChI is InChI=1S/C16H21ClN2O/c1-2-3-4-5-11-19-16(20)14-9-8-13(7-6-10-18)15(17)12-14/h8-9,12H,2-5,10-11,18H2,1H3,(H,19,20). The Bertz CT molecular complexity index is 503. The van der Waals surface area contributed by atoms with Gasteiger partial charge in [-0.05, 0) is 24.6 Å². The minimum atomic E-state index is -0.0956. The molecule has 0 aliphatic heterocycles. The minimum Gasteiger partial charge on any atom is -0.352 e. The van der Waals surface area contributed by atoms with Gasteiger partial charge < -0.3 is 11.1 Å². The number of carbonyl (C=O) groups is 1. The molecule has 0 atom stereocenters. The lowest BCUT2D eigenvalue weighted by molar-refractivity contribution is 0.0953. The smallest absolute Gasteiger partial charge is 0.251 e. The summed E-state index contributed by atoms with van der Waals surface area (Å²) in [4.78, 5) is 11.9. The van der Waals surface area contributed by atoms with Crippen molar-refractivity contribution in [1.82, 2.24) is 5.32 Å². The lowest BCUT2D eigenvalue weighted by atomic mass is 10.1. The van der Waals surface area contributed by atoms with Crippen molar-refractivity contribution in [3.05, 3.63) is 34.3 Å². The van der Waals surface area contributed by atoms with E-state index in [-0.39, 0.29) is 12.5 Å². The maximum atomic E-state index is 11.9. The van der Waals surface area contributed by atoms with Crippen molar-refractivity contribution >= 4 is 17.5 Å². The Kier molecular flexibility index (Phi) is 7.79. The number of hydrogen-bond acceptors (Lipinski definition) is 2. The SMILES string of the molecule is CCCCCCNC(=O)c1ccc(C#CCN)c(Cl)c1. The fourth-order valence-corrected chi connectivity index (χ4v) is 1.99. The normalized spacial score (nSPS) is 9.75. The van der Waals surface area contributed by atoms with Crippen molar-refractivity contribution in [2.45, 2.75) is 32.6 Å². The summed E-state index contributed by atoms with van der Waals surface area (Å²) in [5, 5.41) is 3.37. The number of halogens is 1. The minimum absolute atomic E-state index is 0.0956. The molecule has 0 aliphatic rings. The van der Waals surface area contributed by atoms with E-state index in [1.807, 2.05) is 0 Å². The molecule has 4 heteroatoms. The van der Waals surface area contributed by atoms with Crippen LogP contribution in [0.1, 0.15) is 48.5 Å². The van der Waals surface area contributed by atoms with E-state index in [9.17, 15) is 4.79 Å². The summed E-state index contributed by atoms with van der Waals surface area (Å²) < 4.78 is 0. The fourth-order valence-electron chi connectivity index (χ4n) is 1.76. The number of nitrogens with one attached hydrogen (secondary N) is 1. The van der Waals surface area contributed by atoms with E-state index in [0.29, 0.717) is 22.7 Å². The number of carbonyl (C=O) groups excluding carboxylic acids is 1. The molecule has 3 nitrogen and oxygen atoms in total. The first kappa shape index (κ1) is 16.6. The monoisotopic (exact) mass is 292 g/mol. The first-order chi connectivity index (χ1) is 9.69. The maximum absolute atomic E-state index is 11.9. The van der Waals surface area contributed by atoms with Gasteiger partial charge in [0.1, 0.15) is 0 Å². The van der Waals surface area contributed by atoms with Crippen LogP contribution in [0.25, 0.3) is 0 Å². The molecule has 20 heavy (non-hydrogen) atoms. The predicted octanol–water partition coefficient (Wildman–Crippen LogP) is 2.96. The summed E-state index contributed by atoms with van der Waals surface area (Å²) in [5.74, 6) is 5.51. The molecular formula is C16H21ClN2O. The van der Waals surface area contributed by atoms with Gasteiger partial charge in [-0.2, -0.15) is 0 Å². The number of nitrogens with two attached hydrogens (primary N) is 1. The Morgan fingerprint density at radius 3 is 2.80 bits per heavy atom. The quantitative estimate of drug-likeness (QED) is 0.625. The summed E-state index contributed by atoms with van der Waals surface area (Å²) in [6, 6.07) is 5.12. The summed E-state index contributed by atoms with van der Waals surface area (Å²) in [6.07, 6.45) is 4.55. The van der Waals surface area contributed by atoms with Crippen LogP contribution in [-0.4, -0.2) is 19.0 Å². The summed E-state index contributed by atoms with van der Waals surface area (Å²) in [5.41, 5.74) is 6.56. The third-order valence-corrected chi connectivity index (χ3v) is 3.18. The summed E-state index contributed by atoms with van der Waals surface area (Å²) >= 11 is 6.09. The van der Waals surface area contributed by atoms with E-state index in [4.69, 9.17) is 17.3 Å². The molecule has 0 spiro atoms. The zero-order valence-electron chi connectivity index (χ0n) is 11.8. The fraction of sp³-hybridized carbons (Fsp3) is 0.438. The molecule has 3 N–H and O–H groups in total. The van der Waals surface area contributed by atoms with Crippen molar-refractivity contribution in [3.8, 4) is 11.8 Å². The predicted molar refractivity (Wildman–Crippen MR) is 83.9 cm³/mol. The van der Waals surface area contributed by atoms with E-state index < -0.39 is 0 Å². The zero-order valence-corrected chi connectivity index (χ0v) is 12.6. The molecule has 0 heterocycles. The lowest BCUT2D eigenvalue weighted by Crippen LogP contribution is -2.24. The highest BCUT2D eigenvalue weighted by molar-refractivity contribution is 6.32. The van der Waals surface area contributed by atoms with Crippen LogP contribution in [0.2, 0.25) is 5.02 Å². The van der Waals surface area contributed by atoms with Gasteiger partial charge in [0.05, 0.1) is 11.6 Å². The van der Waals surface area contributed by atoms with E-state index in [0.717, 1.165) is 12.8 Å². The molecular weight excluding hydrogens is 272 g/mol. The molecule has 1 aromatic rings. The molecule has 0 unspecified atom stereocenters. The molecule has 1 aromatic carbocycles. The number of amides is 1. The summed E-state index contributed by atoms with van der Waals surface area (Å²) in [6.45, 7) is 3.15. The van der Waals surface area contributed by atoms with Crippen LogP contribution in [0.5, 0.6) is 0 Å². The molecule has 1 amide bonds. The zero-order chi connectivity index (χ0) is 14.8. The molecule has 0 saturated heterocycles. The molecule has 1 rings (SSSR count). The second-order valence-corrected chi connectivity index (χ2v) is 4.92. The van der Waals surface area contributed by atoms with Crippen LogP contribution in [0.3, 0.4) is 0 Å². The topological polar surface area (TPSA) is 55.1 Å². The number of hydrogen-bond donors (Lipinski definition) is 2. The van der Waals surface area contributed by atoms with Crippen molar-refractivity contribution in [3.63, 3.8) is 0 Å². The van der Waals surface area contributed by atoms with Crippen LogP contribution in [0, 0.1) is 11.8 Å². The third-order valence-electron chi connectivity index (χ3n) is 2.87. The first-order valence-corrected chi connectivity index (χ1v) is 7.33. The van der Waals surface area contributed by atoms with Gasteiger partial charge in [-0.3, -0.25) is 4.79 Å². The highest BCUT2D eigenvalue weighted by atomic mass is 35.5. The molecule has 0 aliphatic carbocycles. The first-order valence-electron chi connectivity index (χ1n) is 6.95. The van der Waals surface area contributed by atoms with Gasteiger partial charge in [0.25, 0.3) is 5.91 Å². The van der Waals surface area contributed by atoms with Gasteiger partial charge >= 0.3 is 0 Å². The van der Waals surface area contributed by atoms with Gasteiger partial charge in [0.15, 0.2) is 0 Å². The second kappa shape index (κ2) is 9.41. The molecule has 0 aromatic heterocycles. The van der Waals surface area contributed by atoms with E-state index >= 15 is 0 Å². The number of rotatable bonds is 6.